The van der Waals surface area contributed by atoms with Crippen molar-refractivity contribution in [3.8, 4) is 0 Å². The molecule has 1 fully saturated rings. The summed E-state index contributed by atoms with van der Waals surface area (Å²) in [5.41, 5.74) is 1.88. The number of nitrogens with one attached hydrogen (secondary N) is 2. The van der Waals surface area contributed by atoms with Gasteiger partial charge in [-0.1, -0.05) is 18.2 Å². The first-order valence-corrected chi connectivity index (χ1v) is 8.59. The number of benzene rings is 1. The molecule has 2 amide bonds. The lowest BCUT2D eigenvalue weighted by Gasteiger charge is -2.19. The zero-order valence-corrected chi connectivity index (χ0v) is 14.3. The average Bonchev–Trinajstić information content (AvgIpc) is 3.30. The number of hydrogen-bond acceptors (Lipinski definition) is 4. The number of amides is 2. The zero-order valence-electron chi connectivity index (χ0n) is 14.3. The molecule has 0 bridgehead atoms. The molecular formula is C19H23N3O3. The summed E-state index contributed by atoms with van der Waals surface area (Å²) in [5.74, 6) is -0.471. The molecule has 1 atom stereocenters. The molecule has 1 saturated heterocycles. The number of carbonyl (C=O) groups excluding carboxylic acids is 2. The predicted octanol–water partition coefficient (Wildman–Crippen LogP) is 2.63. The Balaban J connectivity index is 1.61. The lowest BCUT2D eigenvalue weighted by atomic mass is 10.1. The van der Waals surface area contributed by atoms with Crippen molar-refractivity contribution in [2.45, 2.75) is 32.4 Å². The quantitative estimate of drug-likeness (QED) is 0.847. The smallest absolute Gasteiger partial charge is 0.287 e. The predicted molar refractivity (Wildman–Crippen MR) is 95.2 cm³/mol. The molecule has 1 aliphatic heterocycles. The lowest BCUT2D eigenvalue weighted by Crippen LogP contribution is -2.41. The molecule has 6 nitrogen and oxygen atoms in total. The highest BCUT2D eigenvalue weighted by Crippen LogP contribution is 2.20. The van der Waals surface area contributed by atoms with Crippen LogP contribution in [0.3, 0.4) is 0 Å². The van der Waals surface area contributed by atoms with Crippen LogP contribution in [0.15, 0.2) is 47.1 Å². The van der Waals surface area contributed by atoms with Crippen LogP contribution in [0.25, 0.3) is 0 Å². The van der Waals surface area contributed by atoms with E-state index in [9.17, 15) is 9.59 Å². The second-order valence-electron chi connectivity index (χ2n) is 6.30. The molecule has 0 radical (unpaired) electrons. The molecule has 3 rings (SSSR count). The van der Waals surface area contributed by atoms with Crippen LogP contribution in [0, 0.1) is 0 Å². The average molecular weight is 341 g/mol. The molecule has 0 spiro atoms. The topological polar surface area (TPSA) is 74.6 Å². The monoisotopic (exact) mass is 341 g/mol. The number of anilines is 1. The van der Waals surface area contributed by atoms with Gasteiger partial charge in [-0.05, 0) is 56.6 Å². The van der Waals surface area contributed by atoms with Gasteiger partial charge in [-0.25, -0.2) is 0 Å². The molecule has 2 heterocycles. The highest BCUT2D eigenvalue weighted by Gasteiger charge is 2.20. The van der Waals surface area contributed by atoms with Crippen molar-refractivity contribution in [2.24, 2.45) is 0 Å². The molecule has 0 aliphatic carbocycles. The fourth-order valence-electron chi connectivity index (χ4n) is 2.94. The van der Waals surface area contributed by atoms with Crippen LogP contribution in [0.4, 0.5) is 5.69 Å². The number of likely N-dealkylation sites (tertiary alicyclic amines) is 1. The van der Waals surface area contributed by atoms with E-state index in [1.165, 1.54) is 19.1 Å². The van der Waals surface area contributed by atoms with E-state index in [1.807, 2.05) is 24.3 Å². The van der Waals surface area contributed by atoms with E-state index in [4.69, 9.17) is 4.42 Å². The first kappa shape index (κ1) is 17.2. The summed E-state index contributed by atoms with van der Waals surface area (Å²) in [6.07, 6.45) is 3.88. The van der Waals surface area contributed by atoms with Gasteiger partial charge in [0.15, 0.2) is 5.76 Å². The zero-order chi connectivity index (χ0) is 17.6. The van der Waals surface area contributed by atoms with Gasteiger partial charge in [0, 0.05) is 12.2 Å². The standard InChI is InChI=1S/C19H23N3O3/c1-14(20-19(24)17-9-6-12-25-17)18(23)21-16-8-3-2-7-15(16)13-22-10-4-5-11-22/h2-3,6-9,12,14H,4-5,10-11,13H2,1H3,(H,20,24)(H,21,23)/t14-/m0/s1. The molecule has 2 N–H and O–H groups in total. The summed E-state index contributed by atoms with van der Waals surface area (Å²) in [6, 6.07) is 10.3. The summed E-state index contributed by atoms with van der Waals surface area (Å²) in [5, 5.41) is 5.56. The third-order valence-corrected chi connectivity index (χ3v) is 4.35. The van der Waals surface area contributed by atoms with E-state index in [0.717, 1.165) is 30.9 Å². The minimum absolute atomic E-state index is 0.189. The van der Waals surface area contributed by atoms with Crippen LogP contribution in [-0.4, -0.2) is 35.8 Å². The van der Waals surface area contributed by atoms with Gasteiger partial charge in [-0.2, -0.15) is 0 Å². The van der Waals surface area contributed by atoms with Crippen molar-refractivity contribution in [1.29, 1.82) is 0 Å². The molecule has 1 aromatic carbocycles. The minimum Gasteiger partial charge on any atom is -0.459 e. The summed E-state index contributed by atoms with van der Waals surface area (Å²) >= 11 is 0. The Morgan fingerprint density at radius 1 is 1.16 bits per heavy atom. The fraction of sp³-hybridized carbons (Fsp3) is 0.368. The van der Waals surface area contributed by atoms with Crippen LogP contribution < -0.4 is 10.6 Å². The third kappa shape index (κ3) is 4.48. The normalized spacial score (nSPS) is 15.7. The van der Waals surface area contributed by atoms with Gasteiger partial charge < -0.3 is 15.1 Å². The van der Waals surface area contributed by atoms with Crippen molar-refractivity contribution < 1.29 is 14.0 Å². The summed E-state index contributed by atoms with van der Waals surface area (Å²) in [4.78, 5) is 26.8. The van der Waals surface area contributed by atoms with E-state index in [1.54, 1.807) is 19.1 Å². The highest BCUT2D eigenvalue weighted by molar-refractivity contribution is 6.00. The molecule has 1 aliphatic rings. The third-order valence-electron chi connectivity index (χ3n) is 4.35. The maximum absolute atomic E-state index is 12.4. The first-order chi connectivity index (χ1) is 12.1. The molecule has 6 heteroatoms. The number of carbonyl (C=O) groups is 2. The molecule has 0 saturated carbocycles. The van der Waals surface area contributed by atoms with Crippen LogP contribution in [0.1, 0.15) is 35.9 Å². The van der Waals surface area contributed by atoms with Gasteiger partial charge in [0.1, 0.15) is 6.04 Å². The van der Waals surface area contributed by atoms with E-state index < -0.39 is 11.9 Å². The van der Waals surface area contributed by atoms with E-state index in [-0.39, 0.29) is 11.7 Å². The van der Waals surface area contributed by atoms with Crippen LogP contribution in [0.5, 0.6) is 0 Å². The summed E-state index contributed by atoms with van der Waals surface area (Å²) in [7, 11) is 0. The van der Waals surface area contributed by atoms with Gasteiger partial charge in [-0.15, -0.1) is 0 Å². The van der Waals surface area contributed by atoms with Crippen LogP contribution >= 0.6 is 0 Å². The van der Waals surface area contributed by atoms with Gasteiger partial charge >= 0.3 is 0 Å². The van der Waals surface area contributed by atoms with E-state index in [0.29, 0.717) is 0 Å². The first-order valence-electron chi connectivity index (χ1n) is 8.59. The number of hydrogen-bond donors (Lipinski definition) is 2. The molecular weight excluding hydrogens is 318 g/mol. The van der Waals surface area contributed by atoms with Crippen molar-refractivity contribution in [1.82, 2.24) is 10.2 Å². The van der Waals surface area contributed by atoms with Gasteiger partial charge in [0.2, 0.25) is 5.91 Å². The minimum atomic E-state index is -0.669. The van der Waals surface area contributed by atoms with Gasteiger partial charge in [0.25, 0.3) is 5.91 Å². The number of furan rings is 1. The SMILES string of the molecule is C[C@H](NC(=O)c1ccco1)C(=O)Nc1ccccc1CN1CCCC1. The maximum atomic E-state index is 12.4. The van der Waals surface area contributed by atoms with Crippen molar-refractivity contribution in [3.63, 3.8) is 0 Å². The van der Waals surface area contributed by atoms with E-state index >= 15 is 0 Å². The number of para-hydroxylation sites is 1. The summed E-state index contributed by atoms with van der Waals surface area (Å²) < 4.78 is 5.04. The van der Waals surface area contributed by atoms with Crippen molar-refractivity contribution in [2.75, 3.05) is 18.4 Å². The Bertz CT molecular complexity index is 721. The van der Waals surface area contributed by atoms with Gasteiger partial charge in [-0.3, -0.25) is 14.5 Å². The molecule has 25 heavy (non-hydrogen) atoms. The molecule has 1 aromatic heterocycles. The molecule has 2 aromatic rings. The van der Waals surface area contributed by atoms with Crippen LogP contribution in [0.2, 0.25) is 0 Å². The number of rotatable bonds is 6. The Hall–Kier alpha value is -2.60. The van der Waals surface area contributed by atoms with E-state index in [2.05, 4.69) is 15.5 Å². The molecule has 0 unspecified atom stereocenters. The Morgan fingerprint density at radius 3 is 2.64 bits per heavy atom. The Morgan fingerprint density at radius 2 is 1.92 bits per heavy atom. The largest absolute Gasteiger partial charge is 0.459 e. The van der Waals surface area contributed by atoms with Gasteiger partial charge in [0.05, 0.1) is 6.26 Å². The Labute approximate surface area is 147 Å². The lowest BCUT2D eigenvalue weighted by molar-refractivity contribution is -0.117. The second kappa shape index (κ2) is 7.98. The maximum Gasteiger partial charge on any atom is 0.287 e. The fourth-order valence-corrected chi connectivity index (χ4v) is 2.94. The van der Waals surface area contributed by atoms with Crippen molar-refractivity contribution >= 4 is 17.5 Å². The van der Waals surface area contributed by atoms with Crippen LogP contribution in [-0.2, 0) is 11.3 Å². The summed E-state index contributed by atoms with van der Waals surface area (Å²) in [6.45, 7) is 4.67. The second-order valence-corrected chi connectivity index (χ2v) is 6.30. The highest BCUT2D eigenvalue weighted by atomic mass is 16.3. The van der Waals surface area contributed by atoms with Crippen molar-refractivity contribution in [3.05, 3.63) is 54.0 Å². The molecule has 132 valence electrons. The Kier molecular flexibility index (Phi) is 5.50. The number of nitrogens with zero attached hydrogens (tertiary/aromatic N) is 1.